The van der Waals surface area contributed by atoms with Crippen molar-refractivity contribution >= 4 is 11.9 Å². The Balaban J connectivity index is 1.57. The lowest BCUT2D eigenvalue weighted by Gasteiger charge is -2.34. The summed E-state index contributed by atoms with van der Waals surface area (Å²) in [5, 5.41) is 8.46. The van der Waals surface area contributed by atoms with Crippen molar-refractivity contribution < 1.29 is 14.0 Å². The Labute approximate surface area is 136 Å². The molecule has 0 bridgehead atoms. The minimum absolute atomic E-state index is 0.00964. The fourth-order valence-corrected chi connectivity index (χ4v) is 3.19. The molecule has 0 radical (unpaired) electrons. The Morgan fingerprint density at radius 1 is 1.30 bits per heavy atom. The molecule has 3 rings (SSSR count). The smallest absolute Gasteiger partial charge is 0.315 e. The molecule has 1 fully saturated rings. The van der Waals surface area contributed by atoms with E-state index in [0.717, 1.165) is 42.8 Å². The number of carbonyl (C=O) groups excluding carboxylic acids is 2. The number of aryl methyl sites for hydroxylation is 1. The normalized spacial score (nSPS) is 22.1. The summed E-state index contributed by atoms with van der Waals surface area (Å²) < 4.78 is 5.77. The van der Waals surface area contributed by atoms with Gasteiger partial charge in [-0.05, 0) is 37.7 Å². The van der Waals surface area contributed by atoms with Crippen LogP contribution in [-0.2, 0) is 11.2 Å². The summed E-state index contributed by atoms with van der Waals surface area (Å²) in [7, 11) is 0. The summed E-state index contributed by atoms with van der Waals surface area (Å²) >= 11 is 0. The monoisotopic (exact) mass is 319 g/mol. The van der Waals surface area contributed by atoms with E-state index in [9.17, 15) is 9.59 Å². The van der Waals surface area contributed by atoms with Crippen LogP contribution in [0.3, 0.4) is 0 Å². The van der Waals surface area contributed by atoms with Gasteiger partial charge in [0.1, 0.15) is 11.5 Å². The van der Waals surface area contributed by atoms with Crippen LogP contribution in [0.2, 0.25) is 0 Å². The van der Waals surface area contributed by atoms with Gasteiger partial charge in [0.25, 0.3) is 0 Å². The first kappa shape index (κ1) is 15.9. The summed E-state index contributed by atoms with van der Waals surface area (Å²) in [5.41, 5.74) is 1.12. The zero-order chi connectivity index (χ0) is 16.6. The summed E-state index contributed by atoms with van der Waals surface area (Å²) in [5.74, 6) is 1.69. The van der Waals surface area contributed by atoms with Crippen LogP contribution in [0.4, 0.5) is 4.79 Å². The largest absolute Gasteiger partial charge is 0.466 e. The predicted octanol–water partition coefficient (Wildman–Crippen LogP) is 2.18. The predicted molar refractivity (Wildman–Crippen MR) is 86.0 cm³/mol. The number of fused-ring (bicyclic) bond motifs is 1. The standard InChI is InChI=1S/C17H25N3O3/c1-10-6-12-13(7-17(2,3)8-14(12)23-10)20-16(22)18-9-15(21)19-11-4-5-11/h6,11,13H,4-5,7-9H2,1-3H3,(H,19,21)(H2,18,20,22). The Morgan fingerprint density at radius 2 is 2.04 bits per heavy atom. The van der Waals surface area contributed by atoms with Gasteiger partial charge in [-0.1, -0.05) is 13.8 Å². The highest BCUT2D eigenvalue weighted by Gasteiger charge is 2.35. The molecule has 1 heterocycles. The van der Waals surface area contributed by atoms with Crippen molar-refractivity contribution in [2.24, 2.45) is 5.41 Å². The topological polar surface area (TPSA) is 83.4 Å². The van der Waals surface area contributed by atoms with E-state index in [1.165, 1.54) is 0 Å². The van der Waals surface area contributed by atoms with Crippen molar-refractivity contribution in [2.45, 2.75) is 58.5 Å². The molecule has 6 heteroatoms. The molecule has 1 unspecified atom stereocenters. The van der Waals surface area contributed by atoms with Gasteiger partial charge in [0.15, 0.2) is 0 Å². The van der Waals surface area contributed by atoms with Crippen molar-refractivity contribution in [1.29, 1.82) is 0 Å². The van der Waals surface area contributed by atoms with Crippen molar-refractivity contribution in [2.75, 3.05) is 6.54 Å². The molecule has 0 aromatic carbocycles. The molecule has 0 saturated heterocycles. The Bertz CT molecular complexity index is 617. The minimum atomic E-state index is -0.316. The van der Waals surface area contributed by atoms with Gasteiger partial charge in [0, 0.05) is 18.0 Å². The maximum absolute atomic E-state index is 12.1. The number of furan rings is 1. The molecule has 23 heavy (non-hydrogen) atoms. The maximum atomic E-state index is 12.1. The van der Waals surface area contributed by atoms with E-state index in [2.05, 4.69) is 29.8 Å². The van der Waals surface area contributed by atoms with E-state index in [0.29, 0.717) is 6.04 Å². The molecule has 0 spiro atoms. The minimum Gasteiger partial charge on any atom is -0.466 e. The Hall–Kier alpha value is -1.98. The van der Waals surface area contributed by atoms with E-state index < -0.39 is 0 Å². The quantitative estimate of drug-likeness (QED) is 0.795. The molecule has 1 saturated carbocycles. The molecule has 3 amide bonds. The lowest BCUT2D eigenvalue weighted by atomic mass is 9.75. The second kappa shape index (κ2) is 5.91. The van der Waals surface area contributed by atoms with E-state index in [4.69, 9.17) is 4.42 Å². The van der Waals surface area contributed by atoms with Crippen molar-refractivity contribution in [3.63, 3.8) is 0 Å². The molecule has 2 aliphatic rings. The first-order valence-corrected chi connectivity index (χ1v) is 8.25. The maximum Gasteiger partial charge on any atom is 0.315 e. The zero-order valence-corrected chi connectivity index (χ0v) is 14.0. The molecular weight excluding hydrogens is 294 g/mol. The van der Waals surface area contributed by atoms with E-state index in [-0.39, 0.29) is 29.9 Å². The molecule has 0 aliphatic heterocycles. The van der Waals surface area contributed by atoms with Gasteiger partial charge < -0.3 is 20.4 Å². The van der Waals surface area contributed by atoms with Crippen LogP contribution < -0.4 is 16.0 Å². The summed E-state index contributed by atoms with van der Waals surface area (Å²) in [6.45, 7) is 6.27. The first-order chi connectivity index (χ1) is 10.8. The fraction of sp³-hybridized carbons (Fsp3) is 0.647. The number of amides is 3. The summed E-state index contributed by atoms with van der Waals surface area (Å²) in [6, 6.07) is 1.90. The number of carbonyl (C=O) groups is 2. The molecule has 1 atom stereocenters. The lowest BCUT2D eigenvalue weighted by Crippen LogP contribution is -2.45. The van der Waals surface area contributed by atoms with Crippen molar-refractivity contribution in [3.05, 3.63) is 23.2 Å². The van der Waals surface area contributed by atoms with E-state index >= 15 is 0 Å². The zero-order valence-electron chi connectivity index (χ0n) is 14.0. The lowest BCUT2D eigenvalue weighted by molar-refractivity contribution is -0.120. The summed E-state index contributed by atoms with van der Waals surface area (Å²) in [6.07, 6.45) is 3.80. The van der Waals surface area contributed by atoms with Crippen LogP contribution >= 0.6 is 0 Å². The SMILES string of the molecule is Cc1cc2c(o1)CC(C)(C)CC2NC(=O)NCC(=O)NC1CC1. The number of nitrogens with one attached hydrogen (secondary N) is 3. The van der Waals surface area contributed by atoms with Crippen LogP contribution in [0.25, 0.3) is 0 Å². The van der Waals surface area contributed by atoms with Crippen molar-refractivity contribution in [3.8, 4) is 0 Å². The second-order valence-electron chi connectivity index (χ2n) is 7.50. The van der Waals surface area contributed by atoms with Gasteiger partial charge >= 0.3 is 6.03 Å². The average molecular weight is 319 g/mol. The van der Waals surface area contributed by atoms with Gasteiger partial charge in [-0.15, -0.1) is 0 Å². The van der Waals surface area contributed by atoms with Gasteiger partial charge in [-0.25, -0.2) is 4.79 Å². The molecule has 1 aromatic rings. The molecule has 6 nitrogen and oxygen atoms in total. The number of hydrogen-bond acceptors (Lipinski definition) is 3. The van der Waals surface area contributed by atoms with Crippen LogP contribution in [-0.4, -0.2) is 24.5 Å². The molecule has 1 aromatic heterocycles. The van der Waals surface area contributed by atoms with E-state index in [1.54, 1.807) is 0 Å². The van der Waals surface area contributed by atoms with Gasteiger partial charge in [-0.3, -0.25) is 4.79 Å². The molecule has 2 aliphatic carbocycles. The second-order valence-corrected chi connectivity index (χ2v) is 7.50. The number of urea groups is 1. The third-order valence-electron chi connectivity index (χ3n) is 4.39. The summed E-state index contributed by atoms with van der Waals surface area (Å²) in [4.78, 5) is 23.7. The van der Waals surface area contributed by atoms with Gasteiger partial charge in [0.2, 0.25) is 5.91 Å². The highest BCUT2D eigenvalue weighted by atomic mass is 16.3. The van der Waals surface area contributed by atoms with Gasteiger partial charge in [0.05, 0.1) is 12.6 Å². The van der Waals surface area contributed by atoms with Crippen LogP contribution in [0.1, 0.15) is 56.2 Å². The Morgan fingerprint density at radius 3 is 2.74 bits per heavy atom. The molecule has 126 valence electrons. The fourth-order valence-electron chi connectivity index (χ4n) is 3.19. The third-order valence-corrected chi connectivity index (χ3v) is 4.39. The highest BCUT2D eigenvalue weighted by Crippen LogP contribution is 2.41. The molecule has 3 N–H and O–H groups in total. The number of rotatable bonds is 4. The van der Waals surface area contributed by atoms with E-state index in [1.807, 2.05) is 13.0 Å². The van der Waals surface area contributed by atoms with Crippen molar-refractivity contribution in [1.82, 2.24) is 16.0 Å². The molecular formula is C17H25N3O3. The highest BCUT2D eigenvalue weighted by molar-refractivity contribution is 5.84. The van der Waals surface area contributed by atoms with Crippen LogP contribution in [0.5, 0.6) is 0 Å². The third kappa shape index (κ3) is 4.06. The van der Waals surface area contributed by atoms with Crippen LogP contribution in [0.15, 0.2) is 10.5 Å². The van der Waals surface area contributed by atoms with Crippen LogP contribution in [0, 0.1) is 12.3 Å². The first-order valence-electron chi connectivity index (χ1n) is 8.25. The number of hydrogen-bond donors (Lipinski definition) is 3. The van der Waals surface area contributed by atoms with Gasteiger partial charge in [-0.2, -0.15) is 0 Å². The average Bonchev–Trinajstić information content (AvgIpc) is 3.16. The Kier molecular flexibility index (Phi) is 4.08.